The van der Waals surface area contributed by atoms with Crippen molar-refractivity contribution in [1.82, 2.24) is 5.32 Å². The van der Waals surface area contributed by atoms with Crippen molar-refractivity contribution in [3.8, 4) is 0 Å². The lowest BCUT2D eigenvalue weighted by atomic mass is 9.92. The number of hydrogen-bond acceptors (Lipinski definition) is 1. The highest BCUT2D eigenvalue weighted by Crippen LogP contribution is 2.22. The van der Waals surface area contributed by atoms with Crippen LogP contribution in [0.25, 0.3) is 0 Å². The molecule has 0 aromatic heterocycles. The quantitative estimate of drug-likeness (QED) is 0.550. The van der Waals surface area contributed by atoms with Crippen molar-refractivity contribution in [2.45, 2.75) is 51.5 Å². The van der Waals surface area contributed by atoms with Crippen LogP contribution in [0.1, 0.15) is 51.5 Å². The maximum absolute atomic E-state index is 3.80. The first-order valence-corrected chi connectivity index (χ1v) is 6.94. The number of hydrogen-bond donors (Lipinski definition) is 1. The maximum atomic E-state index is 3.80. The van der Waals surface area contributed by atoms with Gasteiger partial charge in [-0.2, -0.15) is 0 Å². The van der Waals surface area contributed by atoms with Crippen LogP contribution in [0, 0.1) is 0 Å². The zero-order valence-electron chi connectivity index (χ0n) is 12.1. The van der Waals surface area contributed by atoms with Crippen molar-refractivity contribution in [3.63, 3.8) is 0 Å². The van der Waals surface area contributed by atoms with Gasteiger partial charge in [-0.15, -0.1) is 6.58 Å². The van der Waals surface area contributed by atoms with E-state index in [0.717, 1.165) is 13.0 Å². The van der Waals surface area contributed by atoms with E-state index in [0.29, 0.717) is 5.92 Å². The van der Waals surface area contributed by atoms with Gasteiger partial charge in [0.1, 0.15) is 0 Å². The molecule has 0 aliphatic carbocycles. The molecule has 1 N–H and O–H groups in total. The fourth-order valence-electron chi connectivity index (χ4n) is 2.05. The van der Waals surface area contributed by atoms with E-state index < -0.39 is 0 Å². The molecule has 18 heavy (non-hydrogen) atoms. The van der Waals surface area contributed by atoms with Crippen LogP contribution >= 0.6 is 0 Å². The molecule has 1 unspecified atom stereocenters. The Labute approximate surface area is 112 Å². The van der Waals surface area contributed by atoms with E-state index in [2.05, 4.69) is 63.0 Å². The van der Waals surface area contributed by atoms with Crippen molar-refractivity contribution in [2.24, 2.45) is 0 Å². The van der Waals surface area contributed by atoms with E-state index >= 15 is 0 Å². The van der Waals surface area contributed by atoms with Gasteiger partial charge in [0.15, 0.2) is 0 Å². The molecule has 1 heteroatoms. The molecule has 100 valence electrons. The fourth-order valence-corrected chi connectivity index (χ4v) is 2.05. The summed E-state index contributed by atoms with van der Waals surface area (Å²) in [6, 6.07) is 10.8. The molecule has 0 bridgehead atoms. The van der Waals surface area contributed by atoms with Crippen LogP contribution in [0.4, 0.5) is 0 Å². The lowest BCUT2D eigenvalue weighted by molar-refractivity contribution is 0.396. The van der Waals surface area contributed by atoms with Crippen molar-refractivity contribution in [2.75, 3.05) is 6.54 Å². The van der Waals surface area contributed by atoms with Crippen LogP contribution in [0.2, 0.25) is 0 Å². The predicted octanol–water partition coefficient (Wildman–Crippen LogP) is 4.51. The Hall–Kier alpha value is -1.08. The Morgan fingerprint density at radius 1 is 1.22 bits per heavy atom. The monoisotopic (exact) mass is 245 g/mol. The molecule has 1 nitrogen and oxygen atoms in total. The number of benzene rings is 1. The van der Waals surface area contributed by atoms with Crippen molar-refractivity contribution in [3.05, 3.63) is 48.6 Å². The molecule has 1 aromatic carbocycles. The van der Waals surface area contributed by atoms with E-state index in [4.69, 9.17) is 0 Å². The molecule has 0 saturated carbocycles. The molecule has 1 aromatic rings. The third-order valence-corrected chi connectivity index (χ3v) is 3.11. The summed E-state index contributed by atoms with van der Waals surface area (Å²) in [5, 5.41) is 3.62. The molecule has 0 amide bonds. The second kappa shape index (κ2) is 7.38. The molecule has 0 fully saturated rings. The molecule has 0 radical (unpaired) electrons. The Morgan fingerprint density at radius 2 is 1.89 bits per heavy atom. The van der Waals surface area contributed by atoms with Gasteiger partial charge in [0.05, 0.1) is 0 Å². The first kappa shape index (κ1) is 15.0. The fraction of sp³-hybridized carbons (Fsp3) is 0.529. The molecule has 0 aliphatic rings. The number of unbranched alkanes of at least 4 members (excludes halogenated alkanes) is 1. The summed E-state index contributed by atoms with van der Waals surface area (Å²) in [5.41, 5.74) is 1.63. The number of rotatable bonds is 7. The maximum Gasteiger partial charge on any atom is 0.00967 e. The van der Waals surface area contributed by atoms with Crippen LogP contribution in [-0.2, 0) is 0 Å². The van der Waals surface area contributed by atoms with E-state index in [1.165, 1.54) is 18.4 Å². The van der Waals surface area contributed by atoms with Gasteiger partial charge in [-0.25, -0.2) is 0 Å². The minimum absolute atomic E-state index is 0.186. The molecular formula is C17H27N. The van der Waals surface area contributed by atoms with Gasteiger partial charge in [0, 0.05) is 12.1 Å². The highest BCUT2D eigenvalue weighted by Gasteiger charge is 2.15. The van der Waals surface area contributed by atoms with Crippen LogP contribution in [0.15, 0.2) is 43.0 Å². The Balaban J connectivity index is 2.60. The average Bonchev–Trinajstić information content (AvgIpc) is 2.33. The first-order chi connectivity index (χ1) is 8.53. The largest absolute Gasteiger partial charge is 0.311 e. The summed E-state index contributed by atoms with van der Waals surface area (Å²) in [6.07, 6.45) is 5.56. The van der Waals surface area contributed by atoms with Gasteiger partial charge in [0.25, 0.3) is 0 Å². The number of allylic oxidation sites excluding steroid dienone is 1. The average molecular weight is 245 g/mol. The first-order valence-electron chi connectivity index (χ1n) is 6.94. The van der Waals surface area contributed by atoms with Gasteiger partial charge in [-0.1, -0.05) is 36.4 Å². The standard InChI is InChI=1S/C17H27N/c1-5-6-8-13-16(14-18-17(2,3)4)15-11-9-7-10-12-15/h5,7,9-12,16,18H,1,6,8,13-14H2,2-4H3. The van der Waals surface area contributed by atoms with Gasteiger partial charge in [0.2, 0.25) is 0 Å². The van der Waals surface area contributed by atoms with E-state index in [-0.39, 0.29) is 5.54 Å². The van der Waals surface area contributed by atoms with Gasteiger partial charge >= 0.3 is 0 Å². The molecule has 0 heterocycles. The highest BCUT2D eigenvalue weighted by molar-refractivity contribution is 5.20. The summed E-state index contributed by atoms with van der Waals surface area (Å²) in [7, 11) is 0. The molecule has 1 atom stereocenters. The third-order valence-electron chi connectivity index (χ3n) is 3.11. The zero-order valence-corrected chi connectivity index (χ0v) is 12.1. The van der Waals surface area contributed by atoms with Gasteiger partial charge < -0.3 is 5.32 Å². The third kappa shape index (κ3) is 6.02. The summed E-state index contributed by atoms with van der Waals surface area (Å²) >= 11 is 0. The van der Waals surface area contributed by atoms with Crippen molar-refractivity contribution < 1.29 is 0 Å². The molecule has 0 aliphatic heterocycles. The Bertz CT molecular complexity index is 334. The van der Waals surface area contributed by atoms with Crippen LogP contribution in [-0.4, -0.2) is 12.1 Å². The summed E-state index contributed by atoms with van der Waals surface area (Å²) in [4.78, 5) is 0. The van der Waals surface area contributed by atoms with Crippen molar-refractivity contribution >= 4 is 0 Å². The van der Waals surface area contributed by atoms with Crippen LogP contribution < -0.4 is 5.32 Å². The molecule has 0 saturated heterocycles. The Morgan fingerprint density at radius 3 is 2.44 bits per heavy atom. The summed E-state index contributed by atoms with van der Waals surface area (Å²) < 4.78 is 0. The molecule has 0 spiro atoms. The minimum atomic E-state index is 0.186. The Kier molecular flexibility index (Phi) is 6.14. The highest BCUT2D eigenvalue weighted by atomic mass is 14.9. The molecular weight excluding hydrogens is 218 g/mol. The van der Waals surface area contributed by atoms with E-state index in [1.54, 1.807) is 0 Å². The topological polar surface area (TPSA) is 12.0 Å². The van der Waals surface area contributed by atoms with Crippen LogP contribution in [0.5, 0.6) is 0 Å². The van der Waals surface area contributed by atoms with Crippen molar-refractivity contribution in [1.29, 1.82) is 0 Å². The van der Waals surface area contributed by atoms with Crippen LogP contribution in [0.3, 0.4) is 0 Å². The lowest BCUT2D eigenvalue weighted by Crippen LogP contribution is -2.38. The summed E-state index contributed by atoms with van der Waals surface area (Å²) in [6.45, 7) is 11.5. The van der Waals surface area contributed by atoms with E-state index in [1.807, 2.05) is 6.08 Å². The smallest absolute Gasteiger partial charge is 0.00967 e. The molecule has 1 rings (SSSR count). The second-order valence-electron chi connectivity index (χ2n) is 5.96. The SMILES string of the molecule is C=CCCCC(CNC(C)(C)C)c1ccccc1. The normalized spacial score (nSPS) is 13.3. The summed E-state index contributed by atoms with van der Waals surface area (Å²) in [5.74, 6) is 0.602. The van der Waals surface area contributed by atoms with Gasteiger partial charge in [-0.3, -0.25) is 0 Å². The van der Waals surface area contributed by atoms with E-state index in [9.17, 15) is 0 Å². The zero-order chi connectivity index (χ0) is 13.4. The second-order valence-corrected chi connectivity index (χ2v) is 5.96. The number of nitrogens with one attached hydrogen (secondary N) is 1. The predicted molar refractivity (Wildman–Crippen MR) is 81.0 cm³/mol. The lowest BCUT2D eigenvalue weighted by Gasteiger charge is -2.25. The van der Waals surface area contributed by atoms with Gasteiger partial charge in [-0.05, 0) is 51.5 Å². The minimum Gasteiger partial charge on any atom is -0.311 e.